The van der Waals surface area contributed by atoms with Gasteiger partial charge in [0.15, 0.2) is 6.10 Å². The summed E-state index contributed by atoms with van der Waals surface area (Å²) in [6.07, 6.45) is 4.24. The smallest absolute Gasteiger partial charge is 0.265 e. The molecule has 136 valence electrons. The third-order valence-corrected chi connectivity index (χ3v) is 3.97. The molecule has 0 saturated heterocycles. The summed E-state index contributed by atoms with van der Waals surface area (Å²) < 4.78 is 9.00. The number of benzene rings is 1. The van der Waals surface area contributed by atoms with E-state index in [2.05, 4.69) is 15.5 Å². The van der Waals surface area contributed by atoms with Gasteiger partial charge < -0.3 is 10.1 Å². The Kier molecular flexibility index (Phi) is 5.27. The van der Waals surface area contributed by atoms with E-state index in [9.17, 15) is 4.79 Å². The van der Waals surface area contributed by atoms with E-state index in [0.29, 0.717) is 10.7 Å². The van der Waals surface area contributed by atoms with E-state index in [1.54, 1.807) is 34.9 Å². The van der Waals surface area contributed by atoms with Crippen molar-refractivity contribution < 1.29 is 9.53 Å². The molecule has 1 aromatic carbocycles. The van der Waals surface area contributed by atoms with E-state index in [1.807, 2.05) is 44.2 Å². The minimum Gasteiger partial charge on any atom is -0.462 e. The second kappa shape index (κ2) is 7.61. The zero-order valence-electron chi connectivity index (χ0n) is 14.8. The molecule has 26 heavy (non-hydrogen) atoms. The van der Waals surface area contributed by atoms with Gasteiger partial charge in [0, 0.05) is 12.2 Å². The Balaban J connectivity index is 1.66. The largest absolute Gasteiger partial charge is 0.462 e. The van der Waals surface area contributed by atoms with Crippen molar-refractivity contribution in [3.8, 4) is 11.6 Å². The van der Waals surface area contributed by atoms with Crippen molar-refractivity contribution in [2.45, 2.75) is 32.9 Å². The van der Waals surface area contributed by atoms with Crippen LogP contribution in [0.3, 0.4) is 0 Å². The Morgan fingerprint density at radius 2 is 1.92 bits per heavy atom. The second-order valence-corrected chi connectivity index (χ2v) is 6.52. The molecule has 2 heterocycles. The van der Waals surface area contributed by atoms with E-state index in [-0.39, 0.29) is 17.8 Å². The van der Waals surface area contributed by atoms with Gasteiger partial charge in [0.1, 0.15) is 5.02 Å². The van der Waals surface area contributed by atoms with Gasteiger partial charge in [-0.1, -0.05) is 29.8 Å². The molecule has 0 spiro atoms. The average molecular weight is 374 g/mol. The lowest BCUT2D eigenvalue weighted by molar-refractivity contribution is -0.122. The minimum atomic E-state index is -0.769. The van der Waals surface area contributed by atoms with E-state index >= 15 is 0 Å². The molecule has 8 heteroatoms. The first kappa shape index (κ1) is 18.0. The molecule has 0 aliphatic carbocycles. The Labute approximate surface area is 156 Å². The predicted octanol–water partition coefficient (Wildman–Crippen LogP) is 3.71. The Morgan fingerprint density at radius 3 is 2.58 bits per heavy atom. The highest BCUT2D eigenvalue weighted by atomic mass is 35.5. The summed E-state index contributed by atoms with van der Waals surface area (Å²) in [5.41, 5.74) is 1.46. The van der Waals surface area contributed by atoms with Crippen LogP contribution < -0.4 is 10.1 Å². The van der Waals surface area contributed by atoms with E-state index in [4.69, 9.17) is 16.3 Å². The highest BCUT2D eigenvalue weighted by molar-refractivity contribution is 6.31. The molecule has 1 amide bonds. The van der Waals surface area contributed by atoms with Gasteiger partial charge in [-0.25, -0.2) is 4.68 Å². The quantitative estimate of drug-likeness (QED) is 0.714. The van der Waals surface area contributed by atoms with E-state index in [0.717, 1.165) is 5.69 Å². The summed E-state index contributed by atoms with van der Waals surface area (Å²) in [4.78, 5) is 12.3. The molecule has 2 aromatic heterocycles. The molecule has 3 aromatic rings. The summed E-state index contributed by atoms with van der Waals surface area (Å²) in [7, 11) is 0. The van der Waals surface area contributed by atoms with Crippen molar-refractivity contribution in [2.24, 2.45) is 0 Å². The zero-order valence-corrected chi connectivity index (χ0v) is 15.5. The fraction of sp³-hybridized carbons (Fsp3) is 0.278. The third kappa shape index (κ3) is 4.05. The van der Waals surface area contributed by atoms with Crippen LogP contribution in [0.5, 0.6) is 5.88 Å². The molecule has 7 nitrogen and oxygen atoms in total. The predicted molar refractivity (Wildman–Crippen MR) is 99.9 cm³/mol. The molecular formula is C18H20ClN5O2. The molecule has 0 aliphatic rings. The molecule has 0 bridgehead atoms. The first-order chi connectivity index (χ1) is 12.4. The molecule has 0 aliphatic heterocycles. The zero-order chi connectivity index (χ0) is 18.7. The molecule has 1 N–H and O–H groups in total. The summed E-state index contributed by atoms with van der Waals surface area (Å²) >= 11 is 6.19. The maximum absolute atomic E-state index is 12.3. The van der Waals surface area contributed by atoms with Crippen molar-refractivity contribution in [3.05, 3.63) is 53.9 Å². The van der Waals surface area contributed by atoms with Crippen LogP contribution in [0.25, 0.3) is 5.69 Å². The Hall–Kier alpha value is -2.80. The van der Waals surface area contributed by atoms with Crippen LogP contribution in [-0.4, -0.2) is 31.6 Å². The number of carbonyl (C=O) groups excluding carboxylic acids is 1. The highest BCUT2D eigenvalue weighted by Crippen LogP contribution is 2.25. The first-order valence-electron chi connectivity index (χ1n) is 8.26. The van der Waals surface area contributed by atoms with Crippen LogP contribution >= 0.6 is 11.6 Å². The fourth-order valence-electron chi connectivity index (χ4n) is 2.28. The number of nitrogens with zero attached hydrogens (tertiary/aromatic N) is 4. The molecule has 0 radical (unpaired) electrons. The minimum absolute atomic E-state index is 0.205. The maximum Gasteiger partial charge on any atom is 0.265 e. The number of rotatable bonds is 6. The fourth-order valence-corrected chi connectivity index (χ4v) is 2.45. The number of carbonyl (C=O) groups is 1. The van der Waals surface area contributed by atoms with Gasteiger partial charge >= 0.3 is 0 Å². The standard InChI is InChI=1S/C18H20ClN5O2/c1-12(2)23-10-14(9-20-23)21-17(25)13(3)26-18-16(19)11-24(22-18)15-7-5-4-6-8-15/h4-13H,1-3H3,(H,21,25)/t13-/m0/s1. The van der Waals surface area contributed by atoms with Gasteiger partial charge in [-0.3, -0.25) is 9.48 Å². The summed E-state index contributed by atoms with van der Waals surface area (Å²) in [6, 6.07) is 9.73. The Morgan fingerprint density at radius 1 is 1.19 bits per heavy atom. The lowest BCUT2D eigenvalue weighted by atomic mass is 10.3. The molecule has 0 saturated carbocycles. The van der Waals surface area contributed by atoms with Crippen molar-refractivity contribution in [2.75, 3.05) is 5.32 Å². The first-order valence-corrected chi connectivity index (χ1v) is 8.64. The highest BCUT2D eigenvalue weighted by Gasteiger charge is 2.19. The number of halogens is 1. The summed E-state index contributed by atoms with van der Waals surface area (Å²) in [5, 5.41) is 11.6. The third-order valence-electron chi connectivity index (χ3n) is 3.71. The van der Waals surface area contributed by atoms with Gasteiger partial charge in [0.25, 0.3) is 11.8 Å². The van der Waals surface area contributed by atoms with E-state index in [1.165, 1.54) is 0 Å². The molecule has 3 rings (SSSR count). The SMILES string of the molecule is CC(C)n1cc(NC(=O)[C@H](C)Oc2nn(-c3ccccc3)cc2Cl)cn1. The van der Waals surface area contributed by atoms with Crippen LogP contribution in [0.4, 0.5) is 5.69 Å². The number of anilines is 1. The maximum atomic E-state index is 12.3. The van der Waals surface area contributed by atoms with Crippen LogP contribution in [0, 0.1) is 0 Å². The lowest BCUT2D eigenvalue weighted by Gasteiger charge is -2.12. The van der Waals surface area contributed by atoms with Gasteiger partial charge in [0.05, 0.1) is 23.8 Å². The van der Waals surface area contributed by atoms with Gasteiger partial charge in [0.2, 0.25) is 0 Å². The number of hydrogen-bond donors (Lipinski definition) is 1. The van der Waals surface area contributed by atoms with Crippen molar-refractivity contribution in [3.63, 3.8) is 0 Å². The average Bonchev–Trinajstić information content (AvgIpc) is 3.23. The monoisotopic (exact) mass is 373 g/mol. The molecule has 0 unspecified atom stereocenters. The molecule has 1 atom stereocenters. The van der Waals surface area contributed by atoms with Crippen LogP contribution in [-0.2, 0) is 4.79 Å². The Bertz CT molecular complexity index is 888. The number of hydrogen-bond acceptors (Lipinski definition) is 4. The second-order valence-electron chi connectivity index (χ2n) is 6.11. The number of nitrogens with one attached hydrogen (secondary N) is 1. The van der Waals surface area contributed by atoms with Crippen LogP contribution in [0.2, 0.25) is 5.02 Å². The van der Waals surface area contributed by atoms with Crippen LogP contribution in [0.1, 0.15) is 26.8 Å². The van der Waals surface area contributed by atoms with Gasteiger partial charge in [-0.15, -0.1) is 5.10 Å². The number of ether oxygens (including phenoxy) is 1. The van der Waals surface area contributed by atoms with Crippen molar-refractivity contribution in [1.29, 1.82) is 0 Å². The van der Waals surface area contributed by atoms with Gasteiger partial charge in [-0.2, -0.15) is 5.10 Å². The number of para-hydroxylation sites is 1. The summed E-state index contributed by atoms with van der Waals surface area (Å²) in [6.45, 7) is 5.66. The molecule has 0 fully saturated rings. The topological polar surface area (TPSA) is 74.0 Å². The van der Waals surface area contributed by atoms with Crippen molar-refractivity contribution >= 4 is 23.2 Å². The molecular weight excluding hydrogens is 354 g/mol. The number of aromatic nitrogens is 4. The number of amides is 1. The normalized spacial score (nSPS) is 12.2. The van der Waals surface area contributed by atoms with Crippen LogP contribution in [0.15, 0.2) is 48.9 Å². The van der Waals surface area contributed by atoms with E-state index < -0.39 is 6.10 Å². The van der Waals surface area contributed by atoms with Crippen molar-refractivity contribution in [1.82, 2.24) is 19.6 Å². The lowest BCUT2D eigenvalue weighted by Crippen LogP contribution is -2.30. The summed E-state index contributed by atoms with van der Waals surface area (Å²) in [5.74, 6) is -0.102. The van der Waals surface area contributed by atoms with Gasteiger partial charge in [-0.05, 0) is 32.9 Å².